The maximum absolute atomic E-state index is 11.7. The van der Waals surface area contributed by atoms with Gasteiger partial charge >= 0.3 is 0 Å². The second-order valence-electron chi connectivity index (χ2n) is 4.28. The molecule has 1 saturated heterocycles. The van der Waals surface area contributed by atoms with Crippen LogP contribution in [0, 0.1) is 0 Å². The number of β-amino-alcohol motifs (C(OH)–C–C–N with tert-alkyl or cyclic N) is 1. The molecule has 1 aliphatic heterocycles. The number of hydrogen-bond donors (Lipinski definition) is 3. The third-order valence-corrected chi connectivity index (χ3v) is 3.08. The summed E-state index contributed by atoms with van der Waals surface area (Å²) < 4.78 is 5.34. The van der Waals surface area contributed by atoms with Gasteiger partial charge in [-0.15, -0.1) is 0 Å². The number of nitrogens with one attached hydrogen (secondary N) is 2. The number of carbonyl (C=O) groups excluding carboxylic acids is 1. The minimum Gasteiger partial charge on any atom is -0.475 e. The first-order chi connectivity index (χ1) is 9.16. The van der Waals surface area contributed by atoms with Gasteiger partial charge in [-0.25, -0.2) is 4.98 Å². The molecular weight excluding hydrogens is 270 g/mol. The van der Waals surface area contributed by atoms with E-state index in [0.717, 1.165) is 0 Å². The van der Waals surface area contributed by atoms with Crippen LogP contribution in [0.2, 0.25) is 5.02 Å². The molecule has 1 aromatic rings. The summed E-state index contributed by atoms with van der Waals surface area (Å²) in [6, 6.07) is 3.08. The molecule has 0 aliphatic carbocycles. The summed E-state index contributed by atoms with van der Waals surface area (Å²) in [6.07, 6.45) is 1.59. The highest BCUT2D eigenvalue weighted by atomic mass is 35.5. The van der Waals surface area contributed by atoms with Crippen LogP contribution >= 0.6 is 11.6 Å². The van der Waals surface area contributed by atoms with Gasteiger partial charge in [0.1, 0.15) is 11.6 Å². The second-order valence-corrected chi connectivity index (χ2v) is 4.69. The standard InChI is InChI=1S/C12H16ClN3O3/c13-9-2-1-3-15-12(9)19-5-4-14-11(18)10-6-8(17)7-16-10/h1-3,8,10,16-17H,4-7H2,(H,14,18)/t8-,10-/m0/s1. The molecule has 2 rings (SSSR count). The molecular formula is C12H16ClN3O3. The topological polar surface area (TPSA) is 83.5 Å². The van der Waals surface area contributed by atoms with Crippen LogP contribution in [0.25, 0.3) is 0 Å². The summed E-state index contributed by atoms with van der Waals surface area (Å²) in [7, 11) is 0. The fourth-order valence-corrected chi connectivity index (χ4v) is 2.02. The zero-order valence-electron chi connectivity index (χ0n) is 10.3. The van der Waals surface area contributed by atoms with Crippen molar-refractivity contribution in [3.63, 3.8) is 0 Å². The number of aliphatic hydroxyl groups excluding tert-OH is 1. The number of aromatic nitrogens is 1. The SMILES string of the molecule is O=C(NCCOc1ncccc1Cl)[C@@H]1C[C@H](O)CN1. The first kappa shape index (κ1) is 14.0. The molecule has 6 nitrogen and oxygen atoms in total. The van der Waals surface area contributed by atoms with Crippen LogP contribution in [0.4, 0.5) is 0 Å². The first-order valence-electron chi connectivity index (χ1n) is 6.09. The van der Waals surface area contributed by atoms with Gasteiger partial charge in [-0.05, 0) is 18.6 Å². The molecule has 1 fully saturated rings. The molecule has 0 bridgehead atoms. The van der Waals surface area contributed by atoms with Gasteiger partial charge < -0.3 is 20.5 Å². The Bertz CT molecular complexity index is 444. The van der Waals surface area contributed by atoms with Crippen molar-refractivity contribution in [2.75, 3.05) is 19.7 Å². The van der Waals surface area contributed by atoms with E-state index in [4.69, 9.17) is 16.3 Å². The summed E-state index contributed by atoms with van der Waals surface area (Å²) >= 11 is 5.87. The molecule has 0 unspecified atom stereocenters. The number of rotatable bonds is 5. The van der Waals surface area contributed by atoms with Crippen LogP contribution in [0.1, 0.15) is 6.42 Å². The Hall–Kier alpha value is -1.37. The molecule has 0 saturated carbocycles. The maximum atomic E-state index is 11.7. The number of carbonyl (C=O) groups is 1. The van der Waals surface area contributed by atoms with Gasteiger partial charge in [0.2, 0.25) is 11.8 Å². The fourth-order valence-electron chi connectivity index (χ4n) is 1.84. The molecule has 1 aromatic heterocycles. The number of nitrogens with zero attached hydrogens (tertiary/aromatic N) is 1. The molecule has 3 N–H and O–H groups in total. The molecule has 104 valence electrons. The third-order valence-electron chi connectivity index (χ3n) is 2.79. The quantitative estimate of drug-likeness (QED) is 0.661. The Morgan fingerprint density at radius 2 is 2.53 bits per heavy atom. The zero-order valence-corrected chi connectivity index (χ0v) is 11.1. The molecule has 2 heterocycles. The largest absolute Gasteiger partial charge is 0.475 e. The van der Waals surface area contributed by atoms with Gasteiger partial charge in [0.05, 0.1) is 18.7 Å². The van der Waals surface area contributed by atoms with Crippen molar-refractivity contribution in [2.24, 2.45) is 0 Å². The van der Waals surface area contributed by atoms with E-state index in [-0.39, 0.29) is 18.6 Å². The van der Waals surface area contributed by atoms with E-state index >= 15 is 0 Å². The monoisotopic (exact) mass is 285 g/mol. The average molecular weight is 286 g/mol. The summed E-state index contributed by atoms with van der Waals surface area (Å²) in [5.41, 5.74) is 0. The Balaban J connectivity index is 1.67. The number of hydrogen-bond acceptors (Lipinski definition) is 5. The van der Waals surface area contributed by atoms with E-state index in [1.807, 2.05) is 0 Å². The first-order valence-corrected chi connectivity index (χ1v) is 6.47. The molecule has 2 atom stereocenters. The molecule has 7 heteroatoms. The molecule has 0 spiro atoms. The molecule has 1 aliphatic rings. The van der Waals surface area contributed by atoms with Crippen molar-refractivity contribution in [1.29, 1.82) is 0 Å². The predicted molar refractivity (Wildman–Crippen MR) is 70.2 cm³/mol. The van der Waals surface area contributed by atoms with Crippen LogP contribution in [0.5, 0.6) is 5.88 Å². The van der Waals surface area contributed by atoms with Crippen molar-refractivity contribution in [1.82, 2.24) is 15.6 Å². The van der Waals surface area contributed by atoms with Gasteiger partial charge in [-0.2, -0.15) is 0 Å². The highest BCUT2D eigenvalue weighted by Gasteiger charge is 2.27. The second kappa shape index (κ2) is 6.70. The van der Waals surface area contributed by atoms with Crippen LogP contribution in [0.3, 0.4) is 0 Å². The Morgan fingerprint density at radius 1 is 1.68 bits per heavy atom. The number of aliphatic hydroxyl groups is 1. The third kappa shape index (κ3) is 4.05. The van der Waals surface area contributed by atoms with Crippen LogP contribution in [-0.2, 0) is 4.79 Å². The van der Waals surface area contributed by atoms with Crippen LogP contribution in [0.15, 0.2) is 18.3 Å². The lowest BCUT2D eigenvalue weighted by atomic mass is 10.2. The number of halogens is 1. The van der Waals surface area contributed by atoms with Gasteiger partial charge in [0.15, 0.2) is 0 Å². The lowest BCUT2D eigenvalue weighted by Gasteiger charge is -2.11. The Kier molecular flexibility index (Phi) is 4.95. The summed E-state index contributed by atoms with van der Waals surface area (Å²) in [4.78, 5) is 15.7. The van der Waals surface area contributed by atoms with Crippen molar-refractivity contribution in [3.8, 4) is 5.88 Å². The predicted octanol–water partition coefficient (Wildman–Crippen LogP) is -0.0472. The highest BCUT2D eigenvalue weighted by Crippen LogP contribution is 2.19. The molecule has 0 aromatic carbocycles. The Morgan fingerprint density at radius 3 is 3.21 bits per heavy atom. The molecule has 1 amide bonds. The van der Waals surface area contributed by atoms with Gasteiger partial charge in [0, 0.05) is 12.7 Å². The minimum atomic E-state index is -0.445. The smallest absolute Gasteiger partial charge is 0.237 e. The van der Waals surface area contributed by atoms with E-state index in [0.29, 0.717) is 30.4 Å². The van der Waals surface area contributed by atoms with Gasteiger partial charge in [0.25, 0.3) is 0 Å². The summed E-state index contributed by atoms with van der Waals surface area (Å²) in [6.45, 7) is 1.11. The van der Waals surface area contributed by atoms with E-state index in [9.17, 15) is 9.90 Å². The highest BCUT2D eigenvalue weighted by molar-refractivity contribution is 6.31. The van der Waals surface area contributed by atoms with Crippen molar-refractivity contribution >= 4 is 17.5 Å². The summed E-state index contributed by atoms with van der Waals surface area (Å²) in [5, 5.41) is 15.4. The van der Waals surface area contributed by atoms with E-state index in [1.165, 1.54) is 0 Å². The summed E-state index contributed by atoms with van der Waals surface area (Å²) in [5.74, 6) is 0.222. The lowest BCUT2D eigenvalue weighted by molar-refractivity contribution is -0.123. The lowest BCUT2D eigenvalue weighted by Crippen LogP contribution is -2.41. The van der Waals surface area contributed by atoms with Crippen molar-refractivity contribution in [2.45, 2.75) is 18.6 Å². The zero-order chi connectivity index (χ0) is 13.7. The number of ether oxygens (including phenoxy) is 1. The van der Waals surface area contributed by atoms with Crippen LogP contribution in [-0.4, -0.2) is 47.8 Å². The number of amides is 1. The van der Waals surface area contributed by atoms with Crippen molar-refractivity contribution in [3.05, 3.63) is 23.4 Å². The number of pyridine rings is 1. The van der Waals surface area contributed by atoms with E-state index < -0.39 is 6.10 Å². The molecule has 0 radical (unpaired) electrons. The minimum absolute atomic E-state index is 0.132. The average Bonchev–Trinajstić information content (AvgIpc) is 2.83. The fraction of sp³-hybridized carbons (Fsp3) is 0.500. The van der Waals surface area contributed by atoms with Crippen LogP contribution < -0.4 is 15.4 Å². The van der Waals surface area contributed by atoms with Gasteiger partial charge in [-0.1, -0.05) is 11.6 Å². The van der Waals surface area contributed by atoms with E-state index in [2.05, 4.69) is 15.6 Å². The normalized spacial score (nSPS) is 22.2. The van der Waals surface area contributed by atoms with E-state index in [1.54, 1.807) is 18.3 Å². The Labute approximate surface area is 116 Å². The molecule has 19 heavy (non-hydrogen) atoms. The van der Waals surface area contributed by atoms with Gasteiger partial charge in [-0.3, -0.25) is 4.79 Å². The maximum Gasteiger partial charge on any atom is 0.237 e. The van der Waals surface area contributed by atoms with Crippen molar-refractivity contribution < 1.29 is 14.6 Å².